The number of ether oxygens (including phenoxy) is 1. The molecule has 30 heavy (non-hydrogen) atoms. The third kappa shape index (κ3) is 5.15. The summed E-state index contributed by atoms with van der Waals surface area (Å²) in [4.78, 5) is 42.4. The molecule has 2 heterocycles. The Kier molecular flexibility index (Phi) is 7.04. The number of esters is 1. The topological polar surface area (TPSA) is 109 Å². The van der Waals surface area contributed by atoms with Crippen molar-refractivity contribution in [1.29, 1.82) is 0 Å². The molecule has 1 amide bonds. The molecule has 1 fully saturated rings. The molecule has 0 spiro atoms. The minimum Gasteiger partial charge on any atom is -0.478 e. The normalized spacial score (nSPS) is 16.1. The molecule has 1 saturated heterocycles. The standard InChI is InChI=1S/C21H22BrN3O5/c1-2-30-21(29)14-4-3-9-25(12-14)18-17(20(27)28)10-16(11-23-18)24-19(26)13-5-7-15(22)8-6-13/h5-8,10-11,14H,2-4,9,12H2,1H3,(H,24,26)(H,27,28)/t14-/m0/s1. The second kappa shape index (κ2) is 9.71. The zero-order chi connectivity index (χ0) is 21.7. The van der Waals surface area contributed by atoms with Gasteiger partial charge in [-0.2, -0.15) is 0 Å². The number of rotatable bonds is 6. The van der Waals surface area contributed by atoms with Crippen molar-refractivity contribution in [2.75, 3.05) is 29.9 Å². The summed E-state index contributed by atoms with van der Waals surface area (Å²) < 4.78 is 5.95. The van der Waals surface area contributed by atoms with Crippen molar-refractivity contribution in [3.05, 3.63) is 52.1 Å². The number of pyridine rings is 1. The van der Waals surface area contributed by atoms with Gasteiger partial charge < -0.3 is 20.1 Å². The highest BCUT2D eigenvalue weighted by atomic mass is 79.9. The van der Waals surface area contributed by atoms with E-state index in [1.807, 2.05) is 0 Å². The van der Waals surface area contributed by atoms with Gasteiger partial charge in [0.15, 0.2) is 0 Å². The highest BCUT2D eigenvalue weighted by Gasteiger charge is 2.29. The van der Waals surface area contributed by atoms with Crippen LogP contribution in [0.2, 0.25) is 0 Å². The van der Waals surface area contributed by atoms with Crippen LogP contribution in [-0.2, 0) is 9.53 Å². The van der Waals surface area contributed by atoms with Gasteiger partial charge in [-0.1, -0.05) is 15.9 Å². The van der Waals surface area contributed by atoms with Crippen LogP contribution in [0.5, 0.6) is 0 Å². The van der Waals surface area contributed by atoms with Crippen LogP contribution in [0.3, 0.4) is 0 Å². The number of aromatic carboxylic acids is 1. The summed E-state index contributed by atoms with van der Waals surface area (Å²) in [7, 11) is 0. The first-order chi connectivity index (χ1) is 14.4. The van der Waals surface area contributed by atoms with Crippen molar-refractivity contribution in [2.45, 2.75) is 19.8 Å². The molecule has 0 bridgehead atoms. The monoisotopic (exact) mass is 475 g/mol. The van der Waals surface area contributed by atoms with Crippen LogP contribution in [-0.4, -0.2) is 47.6 Å². The number of nitrogens with zero attached hydrogens (tertiary/aromatic N) is 2. The molecule has 8 nitrogen and oxygen atoms in total. The number of carboxylic acid groups (broad SMARTS) is 1. The Bertz CT molecular complexity index is 948. The number of carbonyl (C=O) groups is 3. The lowest BCUT2D eigenvalue weighted by Crippen LogP contribution is -2.40. The van der Waals surface area contributed by atoms with E-state index in [2.05, 4.69) is 26.2 Å². The maximum absolute atomic E-state index is 12.4. The third-order valence-corrected chi connectivity index (χ3v) is 5.33. The molecule has 3 rings (SSSR count). The lowest BCUT2D eigenvalue weighted by atomic mass is 9.98. The van der Waals surface area contributed by atoms with E-state index in [-0.39, 0.29) is 34.9 Å². The van der Waals surface area contributed by atoms with Gasteiger partial charge in [-0.25, -0.2) is 9.78 Å². The molecule has 0 unspecified atom stereocenters. The zero-order valence-electron chi connectivity index (χ0n) is 16.4. The number of aromatic nitrogens is 1. The number of hydrogen-bond acceptors (Lipinski definition) is 6. The third-order valence-electron chi connectivity index (χ3n) is 4.80. The van der Waals surface area contributed by atoms with E-state index in [0.717, 1.165) is 10.9 Å². The van der Waals surface area contributed by atoms with Gasteiger partial charge >= 0.3 is 11.9 Å². The molecule has 1 aliphatic heterocycles. The molecule has 1 aliphatic rings. The highest BCUT2D eigenvalue weighted by molar-refractivity contribution is 9.10. The SMILES string of the molecule is CCOC(=O)[C@H]1CCCN(c2ncc(NC(=O)c3ccc(Br)cc3)cc2C(=O)O)C1. The van der Waals surface area contributed by atoms with Crippen molar-refractivity contribution in [1.82, 2.24) is 4.98 Å². The van der Waals surface area contributed by atoms with E-state index in [9.17, 15) is 19.5 Å². The number of carbonyl (C=O) groups excluding carboxylic acids is 2. The summed E-state index contributed by atoms with van der Waals surface area (Å²) in [6, 6.07) is 8.19. The average Bonchev–Trinajstić information content (AvgIpc) is 2.74. The van der Waals surface area contributed by atoms with Gasteiger partial charge in [0.05, 0.1) is 24.4 Å². The highest BCUT2D eigenvalue weighted by Crippen LogP contribution is 2.27. The molecule has 1 aromatic carbocycles. The number of carboxylic acids is 1. The Morgan fingerprint density at radius 1 is 1.30 bits per heavy atom. The van der Waals surface area contributed by atoms with E-state index in [4.69, 9.17) is 4.74 Å². The Morgan fingerprint density at radius 3 is 2.70 bits per heavy atom. The second-order valence-corrected chi connectivity index (χ2v) is 7.81. The number of benzene rings is 1. The molecule has 2 aromatic rings. The molecular weight excluding hydrogens is 454 g/mol. The van der Waals surface area contributed by atoms with Gasteiger partial charge in [0.2, 0.25) is 0 Å². The summed E-state index contributed by atoms with van der Waals surface area (Å²) in [5, 5.41) is 12.4. The van der Waals surface area contributed by atoms with Gasteiger partial charge in [-0.3, -0.25) is 9.59 Å². The second-order valence-electron chi connectivity index (χ2n) is 6.90. The smallest absolute Gasteiger partial charge is 0.339 e. The fourth-order valence-corrected chi connectivity index (χ4v) is 3.63. The maximum atomic E-state index is 12.4. The van der Waals surface area contributed by atoms with E-state index >= 15 is 0 Å². The van der Waals surface area contributed by atoms with Crippen LogP contribution in [0.25, 0.3) is 0 Å². The summed E-state index contributed by atoms with van der Waals surface area (Å²) >= 11 is 3.31. The number of amides is 1. The molecular formula is C21H22BrN3O5. The van der Waals surface area contributed by atoms with Crippen LogP contribution in [0, 0.1) is 5.92 Å². The molecule has 0 radical (unpaired) electrons. The molecule has 0 aliphatic carbocycles. The van der Waals surface area contributed by atoms with Crippen LogP contribution in [0.15, 0.2) is 41.0 Å². The Labute approximate surface area is 182 Å². The lowest BCUT2D eigenvalue weighted by Gasteiger charge is -2.33. The van der Waals surface area contributed by atoms with Crippen LogP contribution < -0.4 is 10.2 Å². The zero-order valence-corrected chi connectivity index (χ0v) is 18.0. The fraction of sp³-hybridized carbons (Fsp3) is 0.333. The number of anilines is 2. The molecule has 9 heteroatoms. The largest absolute Gasteiger partial charge is 0.478 e. The van der Waals surface area contributed by atoms with Gasteiger partial charge in [-0.15, -0.1) is 0 Å². The van der Waals surface area contributed by atoms with Gasteiger partial charge in [-0.05, 0) is 50.1 Å². The first-order valence-electron chi connectivity index (χ1n) is 9.61. The number of halogens is 1. The minimum absolute atomic E-state index is 0.0342. The van der Waals surface area contributed by atoms with E-state index in [0.29, 0.717) is 31.7 Å². The van der Waals surface area contributed by atoms with Gasteiger partial charge in [0, 0.05) is 23.1 Å². The Morgan fingerprint density at radius 2 is 2.03 bits per heavy atom. The van der Waals surface area contributed by atoms with Crippen molar-refractivity contribution in [3.8, 4) is 0 Å². The minimum atomic E-state index is -1.16. The van der Waals surface area contributed by atoms with E-state index in [1.54, 1.807) is 36.1 Å². The Balaban J connectivity index is 1.79. The van der Waals surface area contributed by atoms with Crippen LogP contribution >= 0.6 is 15.9 Å². The number of hydrogen-bond donors (Lipinski definition) is 2. The predicted molar refractivity (Wildman–Crippen MR) is 115 cm³/mol. The first kappa shape index (κ1) is 21.8. The number of nitrogens with one attached hydrogen (secondary N) is 1. The quantitative estimate of drug-likeness (QED) is 0.614. The predicted octanol–water partition coefficient (Wildman–Crippen LogP) is 3.57. The van der Waals surface area contributed by atoms with E-state index < -0.39 is 5.97 Å². The maximum Gasteiger partial charge on any atom is 0.339 e. The van der Waals surface area contributed by atoms with Crippen molar-refractivity contribution in [3.63, 3.8) is 0 Å². The molecule has 1 aromatic heterocycles. The summed E-state index contributed by atoms with van der Waals surface area (Å²) in [5.74, 6) is -1.85. The van der Waals surface area contributed by atoms with E-state index in [1.165, 1.54) is 12.3 Å². The van der Waals surface area contributed by atoms with Gasteiger partial charge in [0.1, 0.15) is 11.4 Å². The Hall–Kier alpha value is -2.94. The summed E-state index contributed by atoms with van der Waals surface area (Å²) in [6.45, 7) is 3.00. The van der Waals surface area contributed by atoms with Crippen molar-refractivity contribution >= 4 is 45.3 Å². The lowest BCUT2D eigenvalue weighted by molar-refractivity contribution is -0.148. The summed E-state index contributed by atoms with van der Waals surface area (Å²) in [6.07, 6.45) is 2.85. The van der Waals surface area contributed by atoms with Crippen molar-refractivity contribution in [2.24, 2.45) is 5.92 Å². The number of piperidine rings is 1. The van der Waals surface area contributed by atoms with Crippen LogP contribution in [0.1, 0.15) is 40.5 Å². The molecule has 0 saturated carbocycles. The molecule has 158 valence electrons. The van der Waals surface area contributed by atoms with Crippen LogP contribution in [0.4, 0.5) is 11.5 Å². The summed E-state index contributed by atoms with van der Waals surface area (Å²) in [5.41, 5.74) is 0.684. The van der Waals surface area contributed by atoms with Gasteiger partial charge in [0.25, 0.3) is 5.91 Å². The van der Waals surface area contributed by atoms with Crippen molar-refractivity contribution < 1.29 is 24.2 Å². The first-order valence-corrected chi connectivity index (χ1v) is 10.4. The molecule has 2 N–H and O–H groups in total. The fourth-order valence-electron chi connectivity index (χ4n) is 3.36. The molecule has 1 atom stereocenters. The average molecular weight is 476 g/mol.